The zero-order valence-corrected chi connectivity index (χ0v) is 11.1. The first-order valence-corrected chi connectivity index (χ1v) is 6.94. The van der Waals surface area contributed by atoms with Gasteiger partial charge < -0.3 is 20.5 Å². The molecule has 0 aromatic heterocycles. The van der Waals surface area contributed by atoms with Crippen LogP contribution in [0.25, 0.3) is 0 Å². The number of hydrogen-bond acceptors (Lipinski definition) is 4. The quantitative estimate of drug-likeness (QED) is 0.765. The summed E-state index contributed by atoms with van der Waals surface area (Å²) in [5.41, 5.74) is 6.03. The van der Waals surface area contributed by atoms with Gasteiger partial charge in [0.25, 0.3) is 0 Å². The lowest BCUT2D eigenvalue weighted by Gasteiger charge is -2.28. The van der Waals surface area contributed by atoms with Crippen LogP contribution in [0.1, 0.15) is 32.6 Å². The molecule has 2 fully saturated rings. The van der Waals surface area contributed by atoms with Gasteiger partial charge >= 0.3 is 0 Å². The summed E-state index contributed by atoms with van der Waals surface area (Å²) in [5, 5.41) is 2.99. The Kier molecular flexibility index (Phi) is 4.97. The third-order valence-corrected chi connectivity index (χ3v) is 3.97. The summed E-state index contributed by atoms with van der Waals surface area (Å²) in [5.74, 6) is 0.195. The highest BCUT2D eigenvalue weighted by atomic mass is 16.5. The van der Waals surface area contributed by atoms with Crippen molar-refractivity contribution in [3.05, 3.63) is 0 Å². The third-order valence-electron chi connectivity index (χ3n) is 3.97. The maximum absolute atomic E-state index is 12.1. The van der Waals surface area contributed by atoms with Crippen molar-refractivity contribution in [3.63, 3.8) is 0 Å². The van der Waals surface area contributed by atoms with Gasteiger partial charge in [-0.05, 0) is 38.5 Å². The van der Waals surface area contributed by atoms with Crippen molar-refractivity contribution in [2.24, 2.45) is 11.7 Å². The van der Waals surface area contributed by atoms with Crippen LogP contribution in [-0.4, -0.2) is 43.9 Å². The van der Waals surface area contributed by atoms with Crippen LogP contribution in [0, 0.1) is 5.92 Å². The fraction of sp³-hybridized carbons (Fsp3) is 0.923. The number of hydrogen-bond donors (Lipinski definition) is 2. The van der Waals surface area contributed by atoms with Crippen molar-refractivity contribution in [2.45, 2.75) is 50.8 Å². The monoisotopic (exact) mass is 256 g/mol. The van der Waals surface area contributed by atoms with E-state index in [2.05, 4.69) is 5.32 Å². The second-order valence-corrected chi connectivity index (χ2v) is 5.32. The minimum atomic E-state index is -0.419. The van der Waals surface area contributed by atoms with Crippen LogP contribution in [-0.2, 0) is 14.3 Å². The van der Waals surface area contributed by atoms with E-state index in [1.165, 1.54) is 0 Å². The van der Waals surface area contributed by atoms with Crippen LogP contribution in [0.5, 0.6) is 0 Å². The molecule has 2 heterocycles. The maximum Gasteiger partial charge on any atom is 0.237 e. The molecular formula is C13H24N2O3. The molecular weight excluding hydrogens is 232 g/mol. The van der Waals surface area contributed by atoms with Crippen molar-refractivity contribution >= 4 is 5.91 Å². The molecule has 0 aromatic carbocycles. The molecule has 5 heteroatoms. The van der Waals surface area contributed by atoms with Gasteiger partial charge in [-0.15, -0.1) is 0 Å². The predicted octanol–water partition coefficient (Wildman–Crippen LogP) is 0.424. The highest BCUT2D eigenvalue weighted by Crippen LogP contribution is 2.19. The van der Waals surface area contributed by atoms with Crippen molar-refractivity contribution in [1.29, 1.82) is 0 Å². The Morgan fingerprint density at radius 1 is 1.28 bits per heavy atom. The van der Waals surface area contributed by atoms with E-state index < -0.39 is 6.04 Å². The summed E-state index contributed by atoms with van der Waals surface area (Å²) in [6.07, 6.45) is 4.01. The number of amides is 1. The molecule has 0 radical (unpaired) electrons. The molecule has 0 aromatic rings. The molecule has 3 unspecified atom stereocenters. The van der Waals surface area contributed by atoms with E-state index in [9.17, 15) is 4.79 Å². The minimum absolute atomic E-state index is 0.0471. The zero-order valence-electron chi connectivity index (χ0n) is 11.1. The van der Waals surface area contributed by atoms with Crippen molar-refractivity contribution < 1.29 is 14.3 Å². The van der Waals surface area contributed by atoms with Crippen LogP contribution in [0.2, 0.25) is 0 Å². The standard InChI is InChI=1S/C13H24N2O3/c1-9(11-3-2-6-18-11)15-13(16)12(14)10-4-7-17-8-5-10/h9-12H,2-8,14H2,1H3,(H,15,16). The number of carbonyl (C=O) groups excluding carboxylic acids is 1. The summed E-state index contributed by atoms with van der Waals surface area (Å²) < 4.78 is 10.9. The molecule has 3 N–H and O–H groups in total. The summed E-state index contributed by atoms with van der Waals surface area (Å²) in [6.45, 7) is 4.22. The molecule has 3 atom stereocenters. The molecule has 0 saturated carbocycles. The van der Waals surface area contributed by atoms with E-state index in [4.69, 9.17) is 15.2 Å². The van der Waals surface area contributed by atoms with Crippen molar-refractivity contribution in [2.75, 3.05) is 19.8 Å². The van der Waals surface area contributed by atoms with Gasteiger partial charge in [0.1, 0.15) is 0 Å². The molecule has 0 bridgehead atoms. The minimum Gasteiger partial charge on any atom is -0.381 e. The summed E-state index contributed by atoms with van der Waals surface area (Å²) in [6, 6.07) is -0.372. The van der Waals surface area contributed by atoms with Gasteiger partial charge in [-0.1, -0.05) is 0 Å². The molecule has 104 valence electrons. The van der Waals surface area contributed by atoms with Crippen molar-refractivity contribution in [1.82, 2.24) is 5.32 Å². The summed E-state index contributed by atoms with van der Waals surface area (Å²) in [4.78, 5) is 12.1. The molecule has 1 amide bonds. The van der Waals surface area contributed by atoms with E-state index in [0.29, 0.717) is 13.2 Å². The molecule has 2 saturated heterocycles. The van der Waals surface area contributed by atoms with E-state index in [0.717, 1.165) is 32.3 Å². The third kappa shape index (κ3) is 3.43. The molecule has 2 rings (SSSR count). The van der Waals surface area contributed by atoms with Gasteiger partial charge in [-0.2, -0.15) is 0 Å². The average Bonchev–Trinajstić information content (AvgIpc) is 2.92. The predicted molar refractivity (Wildman–Crippen MR) is 68.1 cm³/mol. The van der Waals surface area contributed by atoms with Crippen LogP contribution in [0.4, 0.5) is 0 Å². The molecule has 0 spiro atoms. The van der Waals surface area contributed by atoms with E-state index in [1.54, 1.807) is 0 Å². The molecule has 2 aliphatic heterocycles. The van der Waals surface area contributed by atoms with Gasteiger partial charge in [0.2, 0.25) is 5.91 Å². The SMILES string of the molecule is CC(NC(=O)C(N)C1CCOCC1)C1CCCO1. The van der Waals surface area contributed by atoms with Crippen LogP contribution in [0.15, 0.2) is 0 Å². The van der Waals surface area contributed by atoms with E-state index in [1.807, 2.05) is 6.92 Å². The van der Waals surface area contributed by atoms with Gasteiger partial charge in [0, 0.05) is 19.8 Å². The molecule has 2 aliphatic rings. The second-order valence-electron chi connectivity index (χ2n) is 5.32. The first-order chi connectivity index (χ1) is 8.68. The summed E-state index contributed by atoms with van der Waals surface area (Å²) in [7, 11) is 0. The van der Waals surface area contributed by atoms with Gasteiger partial charge in [-0.3, -0.25) is 4.79 Å². The Hall–Kier alpha value is -0.650. The fourth-order valence-corrected chi connectivity index (χ4v) is 2.70. The summed E-state index contributed by atoms with van der Waals surface area (Å²) >= 11 is 0. The normalized spacial score (nSPS) is 28.9. The van der Waals surface area contributed by atoms with Crippen molar-refractivity contribution in [3.8, 4) is 0 Å². The lowest BCUT2D eigenvalue weighted by atomic mass is 9.91. The fourth-order valence-electron chi connectivity index (χ4n) is 2.70. The average molecular weight is 256 g/mol. The highest BCUT2D eigenvalue weighted by Gasteiger charge is 2.29. The smallest absolute Gasteiger partial charge is 0.237 e. The van der Waals surface area contributed by atoms with Gasteiger partial charge in [0.05, 0.1) is 18.2 Å². The molecule has 5 nitrogen and oxygen atoms in total. The van der Waals surface area contributed by atoms with E-state index in [-0.39, 0.29) is 24.0 Å². The Labute approximate surface area is 108 Å². The van der Waals surface area contributed by atoms with E-state index >= 15 is 0 Å². The lowest BCUT2D eigenvalue weighted by Crippen LogP contribution is -2.51. The second kappa shape index (κ2) is 6.50. The van der Waals surface area contributed by atoms with Crippen LogP contribution >= 0.6 is 0 Å². The van der Waals surface area contributed by atoms with Crippen LogP contribution in [0.3, 0.4) is 0 Å². The first kappa shape index (κ1) is 13.8. The Bertz CT molecular complexity index is 273. The number of carbonyl (C=O) groups is 1. The molecule has 18 heavy (non-hydrogen) atoms. The number of nitrogens with two attached hydrogens (primary N) is 1. The number of rotatable bonds is 4. The maximum atomic E-state index is 12.1. The topological polar surface area (TPSA) is 73.6 Å². The number of nitrogens with one attached hydrogen (secondary N) is 1. The first-order valence-electron chi connectivity index (χ1n) is 6.94. The highest BCUT2D eigenvalue weighted by molar-refractivity contribution is 5.82. The lowest BCUT2D eigenvalue weighted by molar-refractivity contribution is -0.125. The molecule has 0 aliphatic carbocycles. The Balaban J connectivity index is 1.78. The Morgan fingerprint density at radius 3 is 2.61 bits per heavy atom. The Morgan fingerprint density at radius 2 is 2.00 bits per heavy atom. The number of ether oxygens (including phenoxy) is 2. The van der Waals surface area contributed by atoms with Crippen LogP contribution < -0.4 is 11.1 Å². The largest absolute Gasteiger partial charge is 0.381 e. The zero-order chi connectivity index (χ0) is 13.0. The van der Waals surface area contributed by atoms with Gasteiger partial charge in [0.15, 0.2) is 0 Å². The van der Waals surface area contributed by atoms with Gasteiger partial charge in [-0.25, -0.2) is 0 Å².